The number of aryl methyl sites for hydroxylation is 1. The quantitative estimate of drug-likeness (QED) is 0.858. The van der Waals surface area contributed by atoms with Crippen LogP contribution >= 0.6 is 0 Å². The summed E-state index contributed by atoms with van der Waals surface area (Å²) in [5.74, 6) is 1.47. The Morgan fingerprint density at radius 2 is 2.19 bits per heavy atom. The van der Waals surface area contributed by atoms with Gasteiger partial charge in [0, 0.05) is 13.1 Å². The van der Waals surface area contributed by atoms with Crippen molar-refractivity contribution in [2.45, 2.75) is 26.6 Å². The molecule has 0 aliphatic heterocycles. The Hall–Kier alpha value is -1.55. The number of aliphatic hydroxyl groups excluding tert-OH is 1. The first kappa shape index (κ1) is 11.0. The summed E-state index contributed by atoms with van der Waals surface area (Å²) in [5.41, 5.74) is 1.85. The van der Waals surface area contributed by atoms with E-state index in [0.29, 0.717) is 5.82 Å². The van der Waals surface area contributed by atoms with Crippen LogP contribution < -0.4 is 4.74 Å². The Morgan fingerprint density at radius 1 is 1.44 bits per heavy atom. The Balaban J connectivity index is 2.46. The third kappa shape index (κ3) is 1.88. The maximum atomic E-state index is 9.12. The molecule has 0 aliphatic rings. The molecule has 0 bridgehead atoms. The normalized spacial score (nSPS) is 11.3. The van der Waals surface area contributed by atoms with Gasteiger partial charge in [0.2, 0.25) is 0 Å². The predicted molar refractivity (Wildman–Crippen MR) is 62.4 cm³/mol. The number of rotatable bonds is 3. The minimum Gasteiger partial charge on any atom is -0.491 e. The highest BCUT2D eigenvalue weighted by Gasteiger charge is 2.08. The van der Waals surface area contributed by atoms with E-state index in [1.807, 2.05) is 43.7 Å². The molecule has 0 fully saturated rings. The van der Waals surface area contributed by atoms with Gasteiger partial charge in [0.15, 0.2) is 0 Å². The van der Waals surface area contributed by atoms with Crippen LogP contribution in [0.4, 0.5) is 0 Å². The van der Waals surface area contributed by atoms with Gasteiger partial charge in [0.25, 0.3) is 0 Å². The number of benzene rings is 1. The zero-order chi connectivity index (χ0) is 11.7. The molecule has 86 valence electrons. The van der Waals surface area contributed by atoms with Gasteiger partial charge in [-0.2, -0.15) is 0 Å². The van der Waals surface area contributed by atoms with Crippen LogP contribution in [0.3, 0.4) is 0 Å². The minimum absolute atomic E-state index is 0.0500. The van der Waals surface area contributed by atoms with Crippen molar-refractivity contribution in [3.8, 4) is 5.75 Å². The number of aliphatic hydroxyl groups is 1. The first-order valence-electron chi connectivity index (χ1n) is 5.34. The average Bonchev–Trinajstić information content (AvgIpc) is 2.54. The molecule has 1 heterocycles. The average molecular weight is 220 g/mol. The molecule has 0 radical (unpaired) electrons. The van der Waals surface area contributed by atoms with Crippen molar-refractivity contribution < 1.29 is 9.84 Å². The van der Waals surface area contributed by atoms with Gasteiger partial charge in [-0.1, -0.05) is 0 Å². The summed E-state index contributed by atoms with van der Waals surface area (Å²) in [5, 5.41) is 9.12. The second-order valence-electron chi connectivity index (χ2n) is 4.06. The van der Waals surface area contributed by atoms with Crippen molar-refractivity contribution in [2.24, 2.45) is 7.05 Å². The van der Waals surface area contributed by atoms with Crippen LogP contribution in [0.15, 0.2) is 18.2 Å². The molecule has 0 unspecified atom stereocenters. The second kappa shape index (κ2) is 4.14. The van der Waals surface area contributed by atoms with Gasteiger partial charge >= 0.3 is 0 Å². The fourth-order valence-electron chi connectivity index (χ4n) is 1.72. The van der Waals surface area contributed by atoms with E-state index in [-0.39, 0.29) is 12.7 Å². The van der Waals surface area contributed by atoms with E-state index in [1.54, 1.807) is 0 Å². The number of ether oxygens (including phenoxy) is 1. The van der Waals surface area contributed by atoms with Gasteiger partial charge in [-0.3, -0.25) is 0 Å². The Bertz CT molecular complexity index is 503. The lowest BCUT2D eigenvalue weighted by molar-refractivity contribution is 0.242. The lowest BCUT2D eigenvalue weighted by atomic mass is 10.3. The zero-order valence-electron chi connectivity index (χ0n) is 9.77. The fraction of sp³-hybridized carbons (Fsp3) is 0.417. The van der Waals surface area contributed by atoms with Gasteiger partial charge in [-0.15, -0.1) is 0 Å². The number of fused-ring (bicyclic) bond motifs is 1. The highest BCUT2D eigenvalue weighted by Crippen LogP contribution is 2.21. The monoisotopic (exact) mass is 220 g/mol. The molecule has 0 amide bonds. The molecule has 0 spiro atoms. The van der Waals surface area contributed by atoms with Crippen LogP contribution in [0.2, 0.25) is 0 Å². The molecule has 1 aromatic carbocycles. The standard InChI is InChI=1S/C12H16N2O2/c1-8(2)16-9-4-5-11-10(6-9)13-12(7-15)14(11)3/h4-6,8,15H,7H2,1-3H3. The van der Waals surface area contributed by atoms with Crippen LogP contribution in [-0.4, -0.2) is 20.8 Å². The van der Waals surface area contributed by atoms with E-state index >= 15 is 0 Å². The Labute approximate surface area is 94.5 Å². The van der Waals surface area contributed by atoms with Crippen LogP contribution in [-0.2, 0) is 13.7 Å². The van der Waals surface area contributed by atoms with Crippen molar-refractivity contribution in [3.63, 3.8) is 0 Å². The number of aromatic nitrogens is 2. The van der Waals surface area contributed by atoms with Crippen LogP contribution in [0, 0.1) is 0 Å². The minimum atomic E-state index is -0.0500. The van der Waals surface area contributed by atoms with Crippen molar-refractivity contribution in [1.82, 2.24) is 9.55 Å². The number of hydrogen-bond donors (Lipinski definition) is 1. The first-order chi connectivity index (χ1) is 7.61. The lowest BCUT2D eigenvalue weighted by Gasteiger charge is -2.09. The largest absolute Gasteiger partial charge is 0.491 e. The van der Waals surface area contributed by atoms with Gasteiger partial charge in [-0.25, -0.2) is 4.98 Å². The van der Waals surface area contributed by atoms with Crippen molar-refractivity contribution in [1.29, 1.82) is 0 Å². The molecule has 0 saturated carbocycles. The van der Waals surface area contributed by atoms with E-state index in [2.05, 4.69) is 4.98 Å². The van der Waals surface area contributed by atoms with E-state index in [4.69, 9.17) is 9.84 Å². The van der Waals surface area contributed by atoms with Crippen LogP contribution in [0.5, 0.6) is 5.75 Å². The SMILES string of the molecule is CC(C)Oc1ccc2c(c1)nc(CO)n2C. The van der Waals surface area contributed by atoms with Crippen molar-refractivity contribution in [2.75, 3.05) is 0 Å². The molecular weight excluding hydrogens is 204 g/mol. The summed E-state index contributed by atoms with van der Waals surface area (Å²) in [7, 11) is 1.89. The fourth-order valence-corrected chi connectivity index (χ4v) is 1.72. The van der Waals surface area contributed by atoms with E-state index in [9.17, 15) is 0 Å². The third-order valence-corrected chi connectivity index (χ3v) is 2.46. The second-order valence-corrected chi connectivity index (χ2v) is 4.06. The molecule has 0 saturated heterocycles. The van der Waals surface area contributed by atoms with Crippen molar-refractivity contribution >= 4 is 11.0 Å². The summed E-state index contributed by atoms with van der Waals surface area (Å²) in [6.07, 6.45) is 0.151. The summed E-state index contributed by atoms with van der Waals surface area (Å²) in [4.78, 5) is 4.33. The third-order valence-electron chi connectivity index (χ3n) is 2.46. The molecular formula is C12H16N2O2. The van der Waals surface area contributed by atoms with Crippen LogP contribution in [0.25, 0.3) is 11.0 Å². The lowest BCUT2D eigenvalue weighted by Crippen LogP contribution is -2.05. The Morgan fingerprint density at radius 3 is 2.81 bits per heavy atom. The molecule has 4 nitrogen and oxygen atoms in total. The molecule has 4 heteroatoms. The Kier molecular flexibility index (Phi) is 2.83. The molecule has 0 atom stereocenters. The summed E-state index contributed by atoms with van der Waals surface area (Å²) >= 11 is 0. The molecule has 16 heavy (non-hydrogen) atoms. The maximum Gasteiger partial charge on any atom is 0.135 e. The highest BCUT2D eigenvalue weighted by atomic mass is 16.5. The van der Waals surface area contributed by atoms with E-state index in [0.717, 1.165) is 16.8 Å². The molecule has 0 aliphatic carbocycles. The molecule has 2 rings (SSSR count). The molecule has 1 N–H and O–H groups in total. The summed E-state index contributed by atoms with van der Waals surface area (Å²) < 4.78 is 7.48. The van der Waals surface area contributed by atoms with Gasteiger partial charge in [0.05, 0.1) is 17.1 Å². The zero-order valence-corrected chi connectivity index (χ0v) is 9.77. The van der Waals surface area contributed by atoms with E-state index in [1.165, 1.54) is 0 Å². The van der Waals surface area contributed by atoms with Crippen LogP contribution in [0.1, 0.15) is 19.7 Å². The smallest absolute Gasteiger partial charge is 0.135 e. The van der Waals surface area contributed by atoms with Gasteiger partial charge < -0.3 is 14.4 Å². The highest BCUT2D eigenvalue weighted by molar-refractivity contribution is 5.77. The van der Waals surface area contributed by atoms with Gasteiger partial charge in [-0.05, 0) is 26.0 Å². The number of nitrogens with zero attached hydrogens (tertiary/aromatic N) is 2. The topological polar surface area (TPSA) is 47.3 Å². The summed E-state index contributed by atoms with van der Waals surface area (Å²) in [6.45, 7) is 3.93. The molecule has 1 aromatic heterocycles. The van der Waals surface area contributed by atoms with Gasteiger partial charge in [0.1, 0.15) is 18.2 Å². The van der Waals surface area contributed by atoms with Crippen molar-refractivity contribution in [3.05, 3.63) is 24.0 Å². The molecule has 2 aromatic rings. The van der Waals surface area contributed by atoms with E-state index < -0.39 is 0 Å². The summed E-state index contributed by atoms with van der Waals surface area (Å²) in [6, 6.07) is 5.78. The maximum absolute atomic E-state index is 9.12. The predicted octanol–water partition coefficient (Wildman–Crippen LogP) is 1.85. The number of hydrogen-bond acceptors (Lipinski definition) is 3. The number of imidazole rings is 1. The first-order valence-corrected chi connectivity index (χ1v) is 5.34.